The van der Waals surface area contributed by atoms with E-state index in [9.17, 15) is 8.78 Å². The average molecular weight is 272 g/mol. The van der Waals surface area contributed by atoms with Crippen molar-refractivity contribution in [3.63, 3.8) is 0 Å². The molecule has 1 heterocycles. The number of nitrogens with zero attached hydrogens (tertiary/aromatic N) is 2. The molecule has 0 spiro atoms. The lowest BCUT2D eigenvalue weighted by atomic mass is 10.0. The van der Waals surface area contributed by atoms with Gasteiger partial charge in [-0.2, -0.15) is 5.10 Å². The van der Waals surface area contributed by atoms with E-state index in [1.165, 1.54) is 0 Å². The van der Waals surface area contributed by atoms with Gasteiger partial charge in [-0.05, 0) is 19.2 Å². The molecule has 0 saturated carbocycles. The Kier molecular flexibility index (Phi) is 3.63. The second-order valence-electron chi connectivity index (χ2n) is 3.96. The monoisotopic (exact) mass is 271 g/mol. The minimum atomic E-state index is -0.641. The zero-order valence-corrected chi connectivity index (χ0v) is 10.7. The van der Waals surface area contributed by atoms with Crippen LogP contribution in [0.4, 0.5) is 8.78 Å². The van der Waals surface area contributed by atoms with Crippen molar-refractivity contribution in [3.05, 3.63) is 52.3 Å². The van der Waals surface area contributed by atoms with Gasteiger partial charge in [0.1, 0.15) is 11.6 Å². The third-order valence-electron chi connectivity index (χ3n) is 2.70. The summed E-state index contributed by atoms with van der Waals surface area (Å²) in [4.78, 5) is 0. The summed E-state index contributed by atoms with van der Waals surface area (Å²) in [5.41, 5.74) is 0.952. The minimum Gasteiger partial charge on any atom is -0.309 e. The summed E-state index contributed by atoms with van der Waals surface area (Å²) in [6.45, 7) is 0. The third kappa shape index (κ3) is 2.37. The third-order valence-corrected chi connectivity index (χ3v) is 2.99. The van der Waals surface area contributed by atoms with Crippen molar-refractivity contribution in [2.75, 3.05) is 7.05 Å². The highest BCUT2D eigenvalue weighted by molar-refractivity contribution is 6.30. The fourth-order valence-electron chi connectivity index (χ4n) is 1.85. The molecule has 1 atom stereocenters. The molecule has 1 unspecified atom stereocenters. The smallest absolute Gasteiger partial charge is 0.142 e. The predicted octanol–water partition coefficient (Wildman–Crippen LogP) is 2.66. The minimum absolute atomic E-state index is 0.201. The maximum absolute atomic E-state index is 13.8. The Labute approximate surface area is 108 Å². The van der Waals surface area contributed by atoms with E-state index in [0.29, 0.717) is 0 Å². The number of rotatable bonds is 3. The first kappa shape index (κ1) is 13.0. The summed E-state index contributed by atoms with van der Waals surface area (Å²) >= 11 is 5.53. The van der Waals surface area contributed by atoms with Crippen LogP contribution >= 0.6 is 11.6 Å². The van der Waals surface area contributed by atoms with Crippen LogP contribution < -0.4 is 5.32 Å². The molecule has 6 heteroatoms. The van der Waals surface area contributed by atoms with E-state index in [2.05, 4.69) is 10.4 Å². The van der Waals surface area contributed by atoms with Crippen LogP contribution in [0.25, 0.3) is 0 Å². The Bertz CT molecular complexity index is 568. The summed E-state index contributed by atoms with van der Waals surface area (Å²) in [6.07, 6.45) is 3.35. The molecule has 2 aromatic rings. The Morgan fingerprint density at radius 1 is 1.33 bits per heavy atom. The fourth-order valence-corrected chi connectivity index (χ4v) is 2.00. The van der Waals surface area contributed by atoms with Crippen LogP contribution in [-0.2, 0) is 7.05 Å². The van der Waals surface area contributed by atoms with E-state index in [1.807, 2.05) is 0 Å². The molecule has 2 rings (SSSR count). The van der Waals surface area contributed by atoms with Gasteiger partial charge in [0.25, 0.3) is 0 Å². The molecule has 0 bridgehead atoms. The Hall–Kier alpha value is -1.46. The van der Waals surface area contributed by atoms with Gasteiger partial charge in [-0.1, -0.05) is 11.6 Å². The zero-order valence-electron chi connectivity index (χ0n) is 9.92. The Morgan fingerprint density at radius 2 is 2.06 bits per heavy atom. The van der Waals surface area contributed by atoms with Crippen LogP contribution in [0.2, 0.25) is 5.02 Å². The van der Waals surface area contributed by atoms with E-state index in [1.54, 1.807) is 31.2 Å². The van der Waals surface area contributed by atoms with Crippen molar-refractivity contribution in [3.8, 4) is 0 Å². The van der Waals surface area contributed by atoms with E-state index in [0.717, 1.165) is 17.7 Å². The molecule has 0 amide bonds. The molecule has 0 aliphatic carbocycles. The SMILES string of the molecule is CNC(c1cnn(C)c1)c1cc(F)c(Cl)cc1F. The standard InChI is InChI=1S/C12H12ClF2N3/c1-16-12(7-5-17-18(2)6-7)8-3-11(15)9(13)4-10(8)14/h3-6,12,16H,1-2H3. The van der Waals surface area contributed by atoms with Crippen molar-refractivity contribution in [1.82, 2.24) is 15.1 Å². The number of hydrogen-bond donors (Lipinski definition) is 1. The molecule has 96 valence electrons. The Balaban J connectivity index is 2.48. The van der Waals surface area contributed by atoms with Gasteiger partial charge < -0.3 is 5.32 Å². The maximum Gasteiger partial charge on any atom is 0.142 e. The predicted molar refractivity (Wildman–Crippen MR) is 65.5 cm³/mol. The molecule has 3 nitrogen and oxygen atoms in total. The second kappa shape index (κ2) is 5.04. The molecular weight excluding hydrogens is 260 g/mol. The van der Waals surface area contributed by atoms with Crippen molar-refractivity contribution >= 4 is 11.6 Å². The van der Waals surface area contributed by atoms with E-state index in [4.69, 9.17) is 11.6 Å². The van der Waals surface area contributed by atoms with Crippen molar-refractivity contribution < 1.29 is 8.78 Å². The first-order chi connectivity index (χ1) is 8.52. The van der Waals surface area contributed by atoms with Gasteiger partial charge in [0.05, 0.1) is 17.3 Å². The van der Waals surface area contributed by atoms with E-state index < -0.39 is 17.7 Å². The number of halogens is 3. The molecule has 1 N–H and O–H groups in total. The van der Waals surface area contributed by atoms with Gasteiger partial charge in [-0.15, -0.1) is 0 Å². The molecule has 1 aromatic carbocycles. The quantitative estimate of drug-likeness (QED) is 0.870. The summed E-state index contributed by atoms with van der Waals surface area (Å²) in [6, 6.07) is 1.61. The first-order valence-electron chi connectivity index (χ1n) is 5.33. The van der Waals surface area contributed by atoms with Crippen LogP contribution in [-0.4, -0.2) is 16.8 Å². The van der Waals surface area contributed by atoms with Crippen LogP contribution in [0.1, 0.15) is 17.2 Å². The zero-order chi connectivity index (χ0) is 13.3. The van der Waals surface area contributed by atoms with E-state index >= 15 is 0 Å². The summed E-state index contributed by atoms with van der Waals surface area (Å²) in [7, 11) is 3.43. The van der Waals surface area contributed by atoms with Crippen LogP contribution in [0.5, 0.6) is 0 Å². The lowest BCUT2D eigenvalue weighted by Crippen LogP contribution is -2.18. The van der Waals surface area contributed by atoms with Gasteiger partial charge in [0, 0.05) is 24.4 Å². The largest absolute Gasteiger partial charge is 0.309 e. The molecule has 0 radical (unpaired) electrons. The topological polar surface area (TPSA) is 29.9 Å². The van der Waals surface area contributed by atoms with Crippen LogP contribution in [0, 0.1) is 11.6 Å². The normalized spacial score (nSPS) is 12.7. The molecule has 0 aliphatic heterocycles. The highest BCUT2D eigenvalue weighted by Gasteiger charge is 2.19. The fraction of sp³-hybridized carbons (Fsp3) is 0.250. The van der Waals surface area contributed by atoms with Crippen molar-refractivity contribution in [2.24, 2.45) is 7.05 Å². The molecule has 0 fully saturated rings. The molecule has 0 aliphatic rings. The van der Waals surface area contributed by atoms with Crippen LogP contribution in [0.15, 0.2) is 24.5 Å². The molecule has 18 heavy (non-hydrogen) atoms. The van der Waals surface area contributed by atoms with Gasteiger partial charge in [-0.25, -0.2) is 8.78 Å². The number of aryl methyl sites for hydroxylation is 1. The first-order valence-corrected chi connectivity index (χ1v) is 5.71. The number of benzene rings is 1. The number of hydrogen-bond acceptors (Lipinski definition) is 2. The number of aromatic nitrogens is 2. The van der Waals surface area contributed by atoms with Crippen LogP contribution in [0.3, 0.4) is 0 Å². The average Bonchev–Trinajstić information content (AvgIpc) is 2.73. The van der Waals surface area contributed by atoms with Gasteiger partial charge in [0.2, 0.25) is 0 Å². The molecule has 1 aromatic heterocycles. The highest BCUT2D eigenvalue weighted by Crippen LogP contribution is 2.27. The number of nitrogens with one attached hydrogen (secondary N) is 1. The Morgan fingerprint density at radius 3 is 2.61 bits per heavy atom. The van der Waals surface area contributed by atoms with Gasteiger partial charge >= 0.3 is 0 Å². The summed E-state index contributed by atoms with van der Waals surface area (Å²) in [5.74, 6) is -1.19. The molecule has 0 saturated heterocycles. The van der Waals surface area contributed by atoms with Crippen molar-refractivity contribution in [2.45, 2.75) is 6.04 Å². The van der Waals surface area contributed by atoms with E-state index in [-0.39, 0.29) is 10.6 Å². The summed E-state index contributed by atoms with van der Waals surface area (Å²) < 4.78 is 28.9. The second-order valence-corrected chi connectivity index (χ2v) is 4.36. The van der Waals surface area contributed by atoms with Gasteiger partial charge in [0.15, 0.2) is 0 Å². The summed E-state index contributed by atoms with van der Waals surface area (Å²) in [5, 5.41) is 6.72. The lowest BCUT2D eigenvalue weighted by molar-refractivity contribution is 0.558. The maximum atomic E-state index is 13.8. The van der Waals surface area contributed by atoms with Gasteiger partial charge in [-0.3, -0.25) is 4.68 Å². The van der Waals surface area contributed by atoms with Crippen molar-refractivity contribution in [1.29, 1.82) is 0 Å². The molecular formula is C12H12ClF2N3. The highest BCUT2D eigenvalue weighted by atomic mass is 35.5. The lowest BCUT2D eigenvalue weighted by Gasteiger charge is -2.16.